The summed E-state index contributed by atoms with van der Waals surface area (Å²) in [4.78, 5) is 18.6. The number of hydrogen-bond donors (Lipinski definition) is 1. The number of carbonyl (C=O) groups is 1. The van der Waals surface area contributed by atoms with Crippen LogP contribution in [0.2, 0.25) is 0 Å². The van der Waals surface area contributed by atoms with Crippen molar-refractivity contribution in [3.8, 4) is 0 Å². The maximum absolute atomic E-state index is 11.8. The molecule has 1 unspecified atom stereocenters. The van der Waals surface area contributed by atoms with Crippen LogP contribution in [0.15, 0.2) is 5.11 Å². The highest BCUT2D eigenvalue weighted by atomic mass is 16.2. The highest BCUT2D eigenvalue weighted by Crippen LogP contribution is 2.18. The quantitative estimate of drug-likeness (QED) is 0.380. The van der Waals surface area contributed by atoms with Crippen LogP contribution in [0.1, 0.15) is 19.3 Å². The molecule has 1 rings (SSSR count). The Hall–Kier alpha value is -1.30. The summed E-state index contributed by atoms with van der Waals surface area (Å²) in [5, 5.41) is 3.55. The van der Waals surface area contributed by atoms with E-state index in [0.717, 1.165) is 45.6 Å². The Kier molecular flexibility index (Phi) is 7.25. The molecule has 1 amide bonds. The molecule has 0 bridgehead atoms. The maximum Gasteiger partial charge on any atom is 0.222 e. The average Bonchev–Trinajstić information content (AvgIpc) is 2.74. The predicted molar refractivity (Wildman–Crippen MR) is 74.5 cm³/mol. The fraction of sp³-hybridized carbons (Fsp3) is 0.917. The number of likely N-dealkylation sites (tertiary alicyclic amines) is 1. The third kappa shape index (κ3) is 5.92. The van der Waals surface area contributed by atoms with Gasteiger partial charge in [0.2, 0.25) is 5.91 Å². The smallest absolute Gasteiger partial charge is 0.222 e. The molecule has 0 aliphatic carbocycles. The van der Waals surface area contributed by atoms with Crippen LogP contribution in [0.3, 0.4) is 0 Å². The van der Waals surface area contributed by atoms with Crippen LogP contribution in [0.4, 0.5) is 0 Å². The molecule has 0 saturated carbocycles. The molecule has 1 saturated heterocycles. The second-order valence-electron chi connectivity index (χ2n) is 5.12. The van der Waals surface area contributed by atoms with E-state index in [1.165, 1.54) is 0 Å². The number of rotatable bonds is 9. The molecule has 1 aliphatic heterocycles. The number of azide groups is 1. The van der Waals surface area contributed by atoms with E-state index in [9.17, 15) is 4.79 Å². The van der Waals surface area contributed by atoms with E-state index in [1.54, 1.807) is 0 Å². The fourth-order valence-corrected chi connectivity index (χ4v) is 2.35. The SMILES string of the molecule is CN(CCCN)CCCN1CC(CN=[N+]=[N-])CC1=O. The van der Waals surface area contributed by atoms with Crippen molar-refractivity contribution in [2.75, 3.05) is 46.3 Å². The van der Waals surface area contributed by atoms with Crippen LogP contribution in [0.5, 0.6) is 0 Å². The highest BCUT2D eigenvalue weighted by molar-refractivity contribution is 5.78. The van der Waals surface area contributed by atoms with Crippen molar-refractivity contribution in [3.63, 3.8) is 0 Å². The third-order valence-electron chi connectivity index (χ3n) is 3.41. The number of hydrogen-bond acceptors (Lipinski definition) is 4. The van der Waals surface area contributed by atoms with Crippen molar-refractivity contribution in [1.82, 2.24) is 9.80 Å². The first-order valence-corrected chi connectivity index (χ1v) is 6.84. The Morgan fingerprint density at radius 1 is 1.53 bits per heavy atom. The first kappa shape index (κ1) is 15.8. The van der Waals surface area contributed by atoms with Crippen LogP contribution >= 0.6 is 0 Å². The van der Waals surface area contributed by atoms with E-state index in [0.29, 0.717) is 13.0 Å². The van der Waals surface area contributed by atoms with Crippen LogP contribution < -0.4 is 5.73 Å². The van der Waals surface area contributed by atoms with Crippen LogP contribution in [-0.4, -0.2) is 62.0 Å². The van der Waals surface area contributed by atoms with Crippen LogP contribution in [-0.2, 0) is 4.79 Å². The highest BCUT2D eigenvalue weighted by Gasteiger charge is 2.28. The zero-order chi connectivity index (χ0) is 14.1. The first-order chi connectivity index (χ1) is 9.17. The lowest BCUT2D eigenvalue weighted by atomic mass is 10.1. The van der Waals surface area contributed by atoms with Gasteiger partial charge in [-0.25, -0.2) is 0 Å². The number of nitrogens with two attached hydrogens (primary N) is 1. The lowest BCUT2D eigenvalue weighted by Crippen LogP contribution is -2.30. The molecule has 0 aromatic heterocycles. The van der Waals surface area contributed by atoms with Gasteiger partial charge < -0.3 is 15.5 Å². The monoisotopic (exact) mass is 268 g/mol. The molecule has 1 aliphatic rings. The van der Waals surface area contributed by atoms with Gasteiger partial charge in [-0.15, -0.1) is 0 Å². The summed E-state index contributed by atoms with van der Waals surface area (Å²) in [5.41, 5.74) is 13.7. The molecule has 2 N–H and O–H groups in total. The van der Waals surface area contributed by atoms with Gasteiger partial charge in [0.15, 0.2) is 0 Å². The minimum Gasteiger partial charge on any atom is -0.342 e. The summed E-state index contributed by atoms with van der Waals surface area (Å²) in [6.45, 7) is 4.64. The first-order valence-electron chi connectivity index (χ1n) is 6.84. The van der Waals surface area contributed by atoms with Gasteiger partial charge in [0.05, 0.1) is 0 Å². The lowest BCUT2D eigenvalue weighted by Gasteiger charge is -2.20. The molecule has 19 heavy (non-hydrogen) atoms. The van der Waals surface area contributed by atoms with Gasteiger partial charge in [0, 0.05) is 31.0 Å². The van der Waals surface area contributed by atoms with E-state index in [2.05, 4.69) is 22.0 Å². The van der Waals surface area contributed by atoms with Crippen molar-refractivity contribution in [2.24, 2.45) is 16.8 Å². The number of nitrogens with zero attached hydrogens (tertiary/aromatic N) is 5. The summed E-state index contributed by atoms with van der Waals surface area (Å²) < 4.78 is 0. The lowest BCUT2D eigenvalue weighted by molar-refractivity contribution is -0.127. The molecule has 7 heteroatoms. The maximum atomic E-state index is 11.8. The second-order valence-corrected chi connectivity index (χ2v) is 5.12. The molecule has 1 fully saturated rings. The van der Waals surface area contributed by atoms with E-state index < -0.39 is 0 Å². The standard InChI is InChI=1S/C12H24N6O/c1-17(5-2-4-13)6-3-7-18-10-11(8-12(18)19)9-15-16-14/h11H,2-10,13H2,1H3. The van der Waals surface area contributed by atoms with Gasteiger partial charge in [0.25, 0.3) is 0 Å². The van der Waals surface area contributed by atoms with Gasteiger partial charge in [0.1, 0.15) is 0 Å². The van der Waals surface area contributed by atoms with Crippen molar-refractivity contribution >= 4 is 5.91 Å². The second kappa shape index (κ2) is 8.74. The number of amides is 1. The molecule has 1 atom stereocenters. The minimum atomic E-state index is 0.183. The molecular weight excluding hydrogens is 244 g/mol. The molecule has 7 nitrogen and oxygen atoms in total. The van der Waals surface area contributed by atoms with Gasteiger partial charge >= 0.3 is 0 Å². The Balaban J connectivity index is 2.19. The Morgan fingerprint density at radius 3 is 2.95 bits per heavy atom. The van der Waals surface area contributed by atoms with Crippen LogP contribution in [0, 0.1) is 5.92 Å². The van der Waals surface area contributed by atoms with Crippen molar-refractivity contribution in [3.05, 3.63) is 10.4 Å². The van der Waals surface area contributed by atoms with E-state index in [-0.39, 0.29) is 11.8 Å². The average molecular weight is 268 g/mol. The Labute approximate surface area is 114 Å². The van der Waals surface area contributed by atoms with Crippen molar-refractivity contribution < 1.29 is 4.79 Å². The molecule has 0 aromatic rings. The van der Waals surface area contributed by atoms with Gasteiger partial charge in [-0.05, 0) is 51.0 Å². The molecule has 0 spiro atoms. The summed E-state index contributed by atoms with van der Waals surface area (Å²) >= 11 is 0. The molecule has 0 aromatic carbocycles. The predicted octanol–water partition coefficient (Wildman–Crippen LogP) is 0.816. The van der Waals surface area contributed by atoms with Crippen molar-refractivity contribution in [1.29, 1.82) is 0 Å². The zero-order valence-corrected chi connectivity index (χ0v) is 11.7. The minimum absolute atomic E-state index is 0.183. The normalized spacial score (nSPS) is 19.0. The third-order valence-corrected chi connectivity index (χ3v) is 3.41. The van der Waals surface area contributed by atoms with E-state index in [4.69, 9.17) is 11.3 Å². The van der Waals surface area contributed by atoms with E-state index in [1.807, 2.05) is 4.90 Å². The molecule has 1 heterocycles. The zero-order valence-electron chi connectivity index (χ0n) is 11.7. The summed E-state index contributed by atoms with van der Waals surface area (Å²) in [5.74, 6) is 0.376. The summed E-state index contributed by atoms with van der Waals surface area (Å²) in [6.07, 6.45) is 2.50. The Morgan fingerprint density at radius 2 is 2.26 bits per heavy atom. The molecule has 108 valence electrons. The van der Waals surface area contributed by atoms with Crippen molar-refractivity contribution in [2.45, 2.75) is 19.3 Å². The molecule has 0 radical (unpaired) electrons. The summed E-state index contributed by atoms with van der Waals surface area (Å²) in [7, 11) is 2.08. The Bertz CT molecular complexity index is 328. The largest absolute Gasteiger partial charge is 0.342 e. The number of carbonyl (C=O) groups excluding carboxylic acids is 1. The van der Waals surface area contributed by atoms with Gasteiger partial charge in [-0.1, -0.05) is 5.11 Å². The van der Waals surface area contributed by atoms with Crippen LogP contribution in [0.25, 0.3) is 10.4 Å². The topological polar surface area (TPSA) is 98.3 Å². The van der Waals surface area contributed by atoms with Gasteiger partial charge in [-0.3, -0.25) is 4.79 Å². The van der Waals surface area contributed by atoms with E-state index >= 15 is 0 Å². The summed E-state index contributed by atoms with van der Waals surface area (Å²) in [6, 6.07) is 0. The fourth-order valence-electron chi connectivity index (χ4n) is 2.35. The molecular formula is C12H24N6O. The van der Waals surface area contributed by atoms with Gasteiger partial charge in [-0.2, -0.15) is 0 Å².